The van der Waals surface area contributed by atoms with E-state index in [0.717, 1.165) is 11.1 Å². The van der Waals surface area contributed by atoms with Crippen molar-refractivity contribution in [2.75, 3.05) is 11.1 Å². The van der Waals surface area contributed by atoms with Crippen LogP contribution in [0.1, 0.15) is 45.9 Å². The predicted molar refractivity (Wildman–Crippen MR) is 148 cm³/mol. The lowest BCUT2D eigenvalue weighted by Crippen LogP contribution is -2.31. The standard InChI is InChI=1S/C27H24Cl3NO6S/c28-27(29,30)26(35)31-19-5-3-4-18(12-19)25-36-20(15-38-23-7-2-1-6-21(23)24(33)34)13-22(37-25)17-10-8-16(14-32)9-11-17/h1-12,20,22,25,32H,13-15H2,(H,31,35)(H,33,34)/t20-,22+,25+/m0/s1. The van der Waals surface area contributed by atoms with Crippen LogP contribution in [0.2, 0.25) is 0 Å². The number of anilines is 1. The van der Waals surface area contributed by atoms with E-state index in [4.69, 9.17) is 44.3 Å². The van der Waals surface area contributed by atoms with Crippen LogP contribution in [-0.4, -0.2) is 37.7 Å². The van der Waals surface area contributed by atoms with Crippen LogP contribution in [0.25, 0.3) is 0 Å². The molecule has 1 saturated heterocycles. The van der Waals surface area contributed by atoms with Crippen molar-refractivity contribution >= 4 is 64.1 Å². The highest BCUT2D eigenvalue weighted by atomic mass is 35.6. The van der Waals surface area contributed by atoms with E-state index < -0.39 is 22.0 Å². The summed E-state index contributed by atoms with van der Waals surface area (Å²) in [6.07, 6.45) is -0.874. The van der Waals surface area contributed by atoms with E-state index in [1.165, 1.54) is 11.8 Å². The van der Waals surface area contributed by atoms with Gasteiger partial charge in [0, 0.05) is 28.3 Å². The minimum Gasteiger partial charge on any atom is -0.478 e. The number of aliphatic hydroxyl groups excluding tert-OH is 1. The number of alkyl halides is 3. The normalized spacial score (nSPS) is 19.6. The van der Waals surface area contributed by atoms with Crippen LogP contribution in [-0.2, 0) is 20.9 Å². The summed E-state index contributed by atoms with van der Waals surface area (Å²) in [7, 11) is 0. The molecule has 1 fully saturated rings. The Hall–Kier alpha value is -2.30. The highest BCUT2D eigenvalue weighted by Gasteiger charge is 2.33. The van der Waals surface area contributed by atoms with Crippen molar-refractivity contribution in [3.05, 3.63) is 95.1 Å². The first kappa shape index (κ1) is 28.7. The summed E-state index contributed by atoms with van der Waals surface area (Å²) < 4.78 is 10.5. The lowest BCUT2D eigenvalue weighted by Gasteiger charge is -2.36. The average Bonchev–Trinajstić information content (AvgIpc) is 2.91. The van der Waals surface area contributed by atoms with Gasteiger partial charge in [-0.25, -0.2) is 4.79 Å². The Labute approximate surface area is 239 Å². The molecule has 0 unspecified atom stereocenters. The average molecular weight is 597 g/mol. The van der Waals surface area contributed by atoms with E-state index in [1.54, 1.807) is 48.5 Å². The van der Waals surface area contributed by atoms with Crippen LogP contribution in [0.4, 0.5) is 5.69 Å². The maximum absolute atomic E-state index is 12.1. The summed E-state index contributed by atoms with van der Waals surface area (Å²) in [5.41, 5.74) is 2.98. The number of carbonyl (C=O) groups excluding carboxylic acids is 1. The number of aromatic carboxylic acids is 1. The van der Waals surface area contributed by atoms with Crippen molar-refractivity contribution in [3.8, 4) is 0 Å². The van der Waals surface area contributed by atoms with Crippen LogP contribution in [0.5, 0.6) is 0 Å². The van der Waals surface area contributed by atoms with Crippen molar-refractivity contribution < 1.29 is 29.3 Å². The largest absolute Gasteiger partial charge is 0.478 e. The summed E-state index contributed by atoms with van der Waals surface area (Å²) in [6.45, 7) is -0.0630. The third kappa shape index (κ3) is 7.42. The Morgan fingerprint density at radius 1 is 0.974 bits per heavy atom. The molecule has 1 aliphatic rings. The number of ether oxygens (including phenoxy) is 2. The topological polar surface area (TPSA) is 105 Å². The molecular weight excluding hydrogens is 573 g/mol. The molecule has 3 atom stereocenters. The van der Waals surface area contributed by atoms with E-state index in [-0.39, 0.29) is 24.4 Å². The zero-order valence-corrected chi connectivity index (χ0v) is 22.9. The molecule has 38 heavy (non-hydrogen) atoms. The van der Waals surface area contributed by atoms with Gasteiger partial charge in [-0.05, 0) is 35.4 Å². The van der Waals surface area contributed by atoms with Crippen LogP contribution in [0.15, 0.2) is 77.7 Å². The summed E-state index contributed by atoms with van der Waals surface area (Å²) in [5, 5.41) is 21.5. The number of benzene rings is 3. The van der Waals surface area contributed by atoms with Gasteiger partial charge in [0.15, 0.2) is 6.29 Å². The Morgan fingerprint density at radius 3 is 2.39 bits per heavy atom. The molecule has 3 N–H and O–H groups in total. The zero-order valence-electron chi connectivity index (χ0n) is 19.9. The van der Waals surface area contributed by atoms with Crippen LogP contribution >= 0.6 is 46.6 Å². The summed E-state index contributed by atoms with van der Waals surface area (Å²) in [5.74, 6) is -1.30. The maximum atomic E-state index is 12.1. The molecule has 3 aromatic carbocycles. The Balaban J connectivity index is 1.57. The van der Waals surface area contributed by atoms with Crippen molar-refractivity contribution in [2.45, 2.75) is 40.2 Å². The van der Waals surface area contributed by atoms with Crippen molar-refractivity contribution in [1.82, 2.24) is 0 Å². The number of nitrogens with one attached hydrogen (secondary N) is 1. The number of halogens is 3. The first-order valence-electron chi connectivity index (χ1n) is 11.6. The Morgan fingerprint density at radius 2 is 1.71 bits per heavy atom. The van der Waals surface area contributed by atoms with Gasteiger partial charge < -0.3 is 25.0 Å². The number of carbonyl (C=O) groups is 2. The molecule has 1 aliphatic heterocycles. The number of rotatable bonds is 8. The van der Waals surface area contributed by atoms with E-state index in [9.17, 15) is 19.8 Å². The Bertz CT molecular complexity index is 1280. The van der Waals surface area contributed by atoms with Crippen molar-refractivity contribution in [1.29, 1.82) is 0 Å². The van der Waals surface area contributed by atoms with Gasteiger partial charge in [0.1, 0.15) is 0 Å². The molecule has 4 rings (SSSR count). The predicted octanol–water partition coefficient (Wildman–Crippen LogP) is 6.52. The third-order valence-corrected chi connectivity index (χ3v) is 7.55. The SMILES string of the molecule is O=C(O)c1ccccc1SC[C@@H]1C[C@H](c2ccc(CO)cc2)O[C@H](c2cccc(NC(=O)C(Cl)(Cl)Cl)c2)O1. The molecular formula is C27H24Cl3NO6S. The van der Waals surface area contributed by atoms with Crippen LogP contribution < -0.4 is 5.32 Å². The molecule has 0 radical (unpaired) electrons. The molecule has 1 amide bonds. The summed E-state index contributed by atoms with van der Waals surface area (Å²) in [6, 6.07) is 21.2. The number of carboxylic acids is 1. The van der Waals surface area contributed by atoms with E-state index in [0.29, 0.717) is 28.3 Å². The molecule has 0 saturated carbocycles. The van der Waals surface area contributed by atoms with Gasteiger partial charge >= 0.3 is 5.97 Å². The maximum Gasteiger partial charge on any atom is 0.336 e. The highest BCUT2D eigenvalue weighted by molar-refractivity contribution is 7.99. The van der Waals surface area contributed by atoms with Gasteiger partial charge in [0.25, 0.3) is 9.70 Å². The van der Waals surface area contributed by atoms with Crippen LogP contribution in [0, 0.1) is 0 Å². The highest BCUT2D eigenvalue weighted by Crippen LogP contribution is 2.40. The molecule has 200 valence electrons. The van der Waals surface area contributed by atoms with Gasteiger partial charge in [0.05, 0.1) is 24.4 Å². The molecule has 11 heteroatoms. The number of amides is 1. The van der Waals surface area contributed by atoms with E-state index >= 15 is 0 Å². The van der Waals surface area contributed by atoms with Crippen molar-refractivity contribution in [2.24, 2.45) is 0 Å². The van der Waals surface area contributed by atoms with Gasteiger partial charge in [-0.1, -0.05) is 83.3 Å². The lowest BCUT2D eigenvalue weighted by molar-refractivity contribution is -0.245. The van der Waals surface area contributed by atoms with Gasteiger partial charge in [0.2, 0.25) is 0 Å². The minimum absolute atomic E-state index is 0.0630. The second-order valence-corrected chi connectivity index (χ2v) is 11.9. The van der Waals surface area contributed by atoms with Gasteiger partial charge in [-0.2, -0.15) is 0 Å². The quantitative estimate of drug-likeness (QED) is 0.201. The molecule has 0 spiro atoms. The Kier molecular flexibility index (Phi) is 9.59. The molecule has 1 heterocycles. The number of thioether (sulfide) groups is 1. The lowest BCUT2D eigenvalue weighted by atomic mass is 10.0. The first-order valence-corrected chi connectivity index (χ1v) is 13.7. The van der Waals surface area contributed by atoms with E-state index in [2.05, 4.69) is 5.32 Å². The second-order valence-electron chi connectivity index (χ2n) is 8.54. The molecule has 0 bridgehead atoms. The summed E-state index contributed by atoms with van der Waals surface area (Å²) >= 11 is 18.4. The van der Waals surface area contributed by atoms with Crippen molar-refractivity contribution in [3.63, 3.8) is 0 Å². The number of aliphatic hydroxyl groups is 1. The first-order chi connectivity index (χ1) is 18.1. The number of hydrogen-bond acceptors (Lipinski definition) is 6. The fraction of sp³-hybridized carbons (Fsp3) is 0.259. The monoisotopic (exact) mass is 595 g/mol. The van der Waals surface area contributed by atoms with E-state index in [1.807, 2.05) is 24.3 Å². The third-order valence-electron chi connectivity index (χ3n) is 5.83. The summed E-state index contributed by atoms with van der Waals surface area (Å²) in [4.78, 5) is 24.4. The molecule has 0 aliphatic carbocycles. The smallest absolute Gasteiger partial charge is 0.336 e. The molecule has 3 aromatic rings. The minimum atomic E-state index is -2.12. The fourth-order valence-electron chi connectivity index (χ4n) is 3.94. The number of hydrogen-bond donors (Lipinski definition) is 3. The van der Waals surface area contributed by atoms with Gasteiger partial charge in [-0.3, -0.25) is 4.79 Å². The second kappa shape index (κ2) is 12.7. The van der Waals surface area contributed by atoms with Crippen LogP contribution in [0.3, 0.4) is 0 Å². The fourth-order valence-corrected chi connectivity index (χ4v) is 5.15. The van der Waals surface area contributed by atoms with Gasteiger partial charge in [-0.15, -0.1) is 11.8 Å². The molecule has 7 nitrogen and oxygen atoms in total. The molecule has 0 aromatic heterocycles. The number of carboxylic acid groups (broad SMARTS) is 1. The zero-order chi connectivity index (χ0) is 27.3.